The molecule has 0 saturated heterocycles. The molecule has 1 atom stereocenters. The summed E-state index contributed by atoms with van der Waals surface area (Å²) in [4.78, 5) is 2.47. The van der Waals surface area contributed by atoms with Crippen LogP contribution in [0.15, 0.2) is 42.5 Å². The van der Waals surface area contributed by atoms with Crippen molar-refractivity contribution in [2.24, 2.45) is 5.73 Å². The molecule has 2 N–H and O–H groups in total. The quantitative estimate of drug-likeness (QED) is 0.907. The molecule has 1 fully saturated rings. The van der Waals surface area contributed by atoms with Gasteiger partial charge in [-0.05, 0) is 42.3 Å². The third kappa shape index (κ3) is 2.38. The summed E-state index contributed by atoms with van der Waals surface area (Å²) >= 11 is 0. The Labute approximate surface area is 115 Å². The topological polar surface area (TPSA) is 29.3 Å². The van der Waals surface area contributed by atoms with Crippen LogP contribution in [0.25, 0.3) is 10.8 Å². The molecule has 0 aromatic heterocycles. The molecule has 1 aliphatic rings. The second-order valence-corrected chi connectivity index (χ2v) is 5.61. The third-order valence-corrected chi connectivity index (χ3v) is 4.52. The van der Waals surface area contributed by atoms with Crippen LogP contribution >= 0.6 is 0 Å². The first kappa shape index (κ1) is 12.6. The first-order valence-corrected chi connectivity index (χ1v) is 7.20. The number of nitrogens with two attached hydrogens (primary N) is 1. The molecule has 3 rings (SSSR count). The van der Waals surface area contributed by atoms with Gasteiger partial charge in [-0.3, -0.25) is 4.90 Å². The average Bonchev–Trinajstić information content (AvgIpc) is 2.37. The monoisotopic (exact) mass is 254 g/mol. The van der Waals surface area contributed by atoms with Crippen LogP contribution in [-0.4, -0.2) is 24.5 Å². The second-order valence-electron chi connectivity index (χ2n) is 5.61. The summed E-state index contributed by atoms with van der Waals surface area (Å²) in [5.41, 5.74) is 7.37. The number of nitrogens with zero attached hydrogens (tertiary/aromatic N) is 1. The molecule has 0 bridgehead atoms. The van der Waals surface area contributed by atoms with E-state index in [4.69, 9.17) is 5.73 Å². The van der Waals surface area contributed by atoms with Crippen molar-refractivity contribution in [2.75, 3.05) is 13.6 Å². The van der Waals surface area contributed by atoms with Gasteiger partial charge in [-0.2, -0.15) is 0 Å². The summed E-state index contributed by atoms with van der Waals surface area (Å²) in [5.74, 6) is 0. The van der Waals surface area contributed by atoms with Crippen molar-refractivity contribution in [3.63, 3.8) is 0 Å². The highest BCUT2D eigenvalue weighted by molar-refractivity contribution is 5.83. The van der Waals surface area contributed by atoms with E-state index in [9.17, 15) is 0 Å². The Balaban J connectivity index is 1.91. The number of hydrogen-bond donors (Lipinski definition) is 1. The van der Waals surface area contributed by atoms with E-state index in [0.717, 1.165) is 6.04 Å². The van der Waals surface area contributed by atoms with Gasteiger partial charge in [-0.25, -0.2) is 0 Å². The summed E-state index contributed by atoms with van der Waals surface area (Å²) in [6, 6.07) is 16.3. The Morgan fingerprint density at radius 1 is 1.16 bits per heavy atom. The molecule has 2 aromatic rings. The lowest BCUT2D eigenvalue weighted by Gasteiger charge is -2.40. The molecule has 1 unspecified atom stereocenters. The van der Waals surface area contributed by atoms with Crippen molar-refractivity contribution in [3.8, 4) is 0 Å². The Bertz CT molecular complexity index is 560. The molecule has 2 nitrogen and oxygen atoms in total. The van der Waals surface area contributed by atoms with Crippen molar-refractivity contribution >= 4 is 10.8 Å². The van der Waals surface area contributed by atoms with E-state index in [0.29, 0.717) is 12.6 Å². The molecule has 1 saturated carbocycles. The Morgan fingerprint density at radius 2 is 1.89 bits per heavy atom. The molecule has 2 heteroatoms. The van der Waals surface area contributed by atoms with Crippen LogP contribution in [0.2, 0.25) is 0 Å². The van der Waals surface area contributed by atoms with Crippen molar-refractivity contribution < 1.29 is 0 Å². The highest BCUT2D eigenvalue weighted by Gasteiger charge is 2.27. The zero-order chi connectivity index (χ0) is 13.2. The molecule has 100 valence electrons. The minimum absolute atomic E-state index is 0.343. The van der Waals surface area contributed by atoms with Crippen LogP contribution in [0, 0.1) is 0 Å². The van der Waals surface area contributed by atoms with Gasteiger partial charge in [0.1, 0.15) is 0 Å². The lowest BCUT2D eigenvalue weighted by molar-refractivity contribution is 0.113. The fraction of sp³-hybridized carbons (Fsp3) is 0.412. The number of fused-ring (bicyclic) bond motifs is 1. The van der Waals surface area contributed by atoms with E-state index in [1.165, 1.54) is 35.6 Å². The predicted octanol–water partition coefficient (Wildman–Crippen LogP) is 3.32. The first-order chi connectivity index (χ1) is 9.29. The molecular formula is C17H22N2. The zero-order valence-corrected chi connectivity index (χ0v) is 11.5. The normalized spacial score (nSPS) is 17.6. The van der Waals surface area contributed by atoms with Crippen molar-refractivity contribution in [1.29, 1.82) is 0 Å². The lowest BCUT2D eigenvalue weighted by Crippen LogP contribution is -2.42. The van der Waals surface area contributed by atoms with E-state index >= 15 is 0 Å². The van der Waals surface area contributed by atoms with Crippen LogP contribution in [0.5, 0.6) is 0 Å². The molecule has 0 amide bonds. The van der Waals surface area contributed by atoms with Crippen molar-refractivity contribution in [1.82, 2.24) is 4.90 Å². The number of likely N-dealkylation sites (N-methyl/N-ethyl adjacent to an activating group) is 1. The zero-order valence-electron chi connectivity index (χ0n) is 11.5. The van der Waals surface area contributed by atoms with Gasteiger partial charge >= 0.3 is 0 Å². The maximum Gasteiger partial charge on any atom is 0.0470 e. The Hall–Kier alpha value is -1.38. The number of hydrogen-bond acceptors (Lipinski definition) is 2. The molecule has 0 radical (unpaired) electrons. The molecule has 0 spiro atoms. The maximum absolute atomic E-state index is 6.02. The van der Waals surface area contributed by atoms with Gasteiger partial charge in [-0.15, -0.1) is 0 Å². The standard InChI is InChI=1S/C17H22N2/c1-19(16-7-4-8-16)17(12-18)15-10-9-13-5-2-3-6-14(13)11-15/h2-3,5-6,9-11,16-17H,4,7-8,12,18H2,1H3. The van der Waals surface area contributed by atoms with Crippen LogP contribution in [0.4, 0.5) is 0 Å². The van der Waals surface area contributed by atoms with Gasteiger partial charge < -0.3 is 5.73 Å². The Morgan fingerprint density at radius 3 is 2.53 bits per heavy atom. The van der Waals surface area contributed by atoms with Gasteiger partial charge in [0.05, 0.1) is 0 Å². The first-order valence-electron chi connectivity index (χ1n) is 7.20. The summed E-state index contributed by atoms with van der Waals surface area (Å²) in [6.07, 6.45) is 4.01. The third-order valence-electron chi connectivity index (χ3n) is 4.52. The predicted molar refractivity (Wildman–Crippen MR) is 81.1 cm³/mol. The fourth-order valence-corrected chi connectivity index (χ4v) is 3.00. The highest BCUT2D eigenvalue weighted by atomic mass is 15.2. The summed E-state index contributed by atoms with van der Waals surface area (Å²) in [5, 5.41) is 2.61. The number of benzene rings is 2. The lowest BCUT2D eigenvalue weighted by atomic mass is 9.89. The molecule has 2 aromatic carbocycles. The second kappa shape index (κ2) is 5.32. The van der Waals surface area contributed by atoms with Crippen LogP contribution in [-0.2, 0) is 0 Å². The van der Waals surface area contributed by atoms with Crippen LogP contribution in [0.3, 0.4) is 0 Å². The largest absolute Gasteiger partial charge is 0.329 e. The molecular weight excluding hydrogens is 232 g/mol. The average molecular weight is 254 g/mol. The molecule has 19 heavy (non-hydrogen) atoms. The fourth-order valence-electron chi connectivity index (χ4n) is 3.00. The van der Waals surface area contributed by atoms with E-state index < -0.39 is 0 Å². The van der Waals surface area contributed by atoms with Crippen molar-refractivity contribution in [3.05, 3.63) is 48.0 Å². The van der Waals surface area contributed by atoms with E-state index in [2.05, 4.69) is 54.4 Å². The summed E-state index contributed by atoms with van der Waals surface area (Å²) < 4.78 is 0. The van der Waals surface area contributed by atoms with Crippen LogP contribution in [0.1, 0.15) is 30.9 Å². The van der Waals surface area contributed by atoms with Gasteiger partial charge in [0.25, 0.3) is 0 Å². The Kier molecular flexibility index (Phi) is 3.54. The summed E-state index contributed by atoms with van der Waals surface area (Å²) in [7, 11) is 2.22. The SMILES string of the molecule is CN(C1CCC1)C(CN)c1ccc2ccccc2c1. The highest BCUT2D eigenvalue weighted by Crippen LogP contribution is 2.31. The molecule has 0 aliphatic heterocycles. The van der Waals surface area contributed by atoms with E-state index in [1.807, 2.05) is 0 Å². The minimum Gasteiger partial charge on any atom is -0.329 e. The van der Waals surface area contributed by atoms with Gasteiger partial charge in [0, 0.05) is 18.6 Å². The van der Waals surface area contributed by atoms with E-state index in [1.54, 1.807) is 0 Å². The molecule has 1 aliphatic carbocycles. The van der Waals surface area contributed by atoms with Crippen LogP contribution < -0.4 is 5.73 Å². The smallest absolute Gasteiger partial charge is 0.0470 e. The maximum atomic E-state index is 6.02. The van der Waals surface area contributed by atoms with Gasteiger partial charge in [0.15, 0.2) is 0 Å². The van der Waals surface area contributed by atoms with Gasteiger partial charge in [-0.1, -0.05) is 42.8 Å². The van der Waals surface area contributed by atoms with E-state index in [-0.39, 0.29) is 0 Å². The minimum atomic E-state index is 0.343. The molecule has 0 heterocycles. The number of rotatable bonds is 4. The van der Waals surface area contributed by atoms with Gasteiger partial charge in [0.2, 0.25) is 0 Å². The van der Waals surface area contributed by atoms with Crippen molar-refractivity contribution in [2.45, 2.75) is 31.3 Å². The summed E-state index contributed by atoms with van der Waals surface area (Å²) in [6.45, 7) is 0.686.